The number of rotatable bonds is 1. The van der Waals surface area contributed by atoms with Gasteiger partial charge in [0.15, 0.2) is 22.8 Å². The van der Waals surface area contributed by atoms with Crippen LogP contribution in [0, 0.1) is 0 Å². The normalized spacial score (nSPS) is 34.5. The quantitative estimate of drug-likeness (QED) is 0.749. The van der Waals surface area contributed by atoms with E-state index in [2.05, 4.69) is 15.0 Å². The first-order valence-corrected chi connectivity index (χ1v) is 7.18. The van der Waals surface area contributed by atoms with Crippen molar-refractivity contribution in [3.05, 3.63) is 17.8 Å². The molecular weight excluding hydrogens is 296 g/mol. The van der Waals surface area contributed by atoms with Crippen LogP contribution in [-0.2, 0) is 14.2 Å². The second-order valence-corrected chi connectivity index (χ2v) is 6.14. The summed E-state index contributed by atoms with van der Waals surface area (Å²) in [6, 6.07) is 0. The molecule has 2 saturated heterocycles. The second-order valence-electron chi connectivity index (χ2n) is 5.79. The Morgan fingerprint density at radius 1 is 1.19 bits per heavy atom. The average Bonchev–Trinajstić information content (AvgIpc) is 3.04. The molecule has 4 atom stereocenters. The van der Waals surface area contributed by atoms with Gasteiger partial charge in [-0.2, -0.15) is 0 Å². The summed E-state index contributed by atoms with van der Waals surface area (Å²) >= 11 is 6.04. The number of hydrogen-bond acceptors (Lipinski definition) is 6. The highest BCUT2D eigenvalue weighted by atomic mass is 35.5. The van der Waals surface area contributed by atoms with Gasteiger partial charge in [0, 0.05) is 0 Å². The van der Waals surface area contributed by atoms with E-state index in [0.29, 0.717) is 16.3 Å². The van der Waals surface area contributed by atoms with Gasteiger partial charge in [-0.1, -0.05) is 11.6 Å². The van der Waals surface area contributed by atoms with Gasteiger partial charge in [0.2, 0.25) is 0 Å². The molecule has 2 aliphatic heterocycles. The lowest BCUT2D eigenvalue weighted by molar-refractivity contribution is -0.194. The minimum Gasteiger partial charge on any atom is -0.349 e. The van der Waals surface area contributed by atoms with Gasteiger partial charge in [-0.25, -0.2) is 15.0 Å². The van der Waals surface area contributed by atoms with Gasteiger partial charge < -0.3 is 14.2 Å². The maximum Gasteiger partial charge on any atom is 0.167 e. The molecule has 0 amide bonds. The smallest absolute Gasteiger partial charge is 0.167 e. The van der Waals surface area contributed by atoms with Crippen LogP contribution in [0.3, 0.4) is 0 Å². The first kappa shape index (κ1) is 13.4. The van der Waals surface area contributed by atoms with Crippen molar-refractivity contribution in [1.82, 2.24) is 19.5 Å². The van der Waals surface area contributed by atoms with E-state index in [1.165, 1.54) is 6.33 Å². The van der Waals surface area contributed by atoms with E-state index in [9.17, 15) is 0 Å². The second kappa shape index (κ2) is 4.36. The number of nitrogens with zero attached hydrogens (tertiary/aromatic N) is 4. The Bertz CT molecular complexity index is 704. The van der Waals surface area contributed by atoms with Crippen molar-refractivity contribution in [2.24, 2.45) is 0 Å². The fraction of sp³-hybridized carbons (Fsp3) is 0.615. The third-order valence-electron chi connectivity index (χ3n) is 3.85. The van der Waals surface area contributed by atoms with E-state index >= 15 is 0 Å². The fourth-order valence-electron chi connectivity index (χ4n) is 3.01. The summed E-state index contributed by atoms with van der Waals surface area (Å²) in [4.78, 5) is 12.5. The Morgan fingerprint density at radius 3 is 2.76 bits per heavy atom. The van der Waals surface area contributed by atoms with Gasteiger partial charge in [0.1, 0.15) is 24.1 Å². The molecule has 4 unspecified atom stereocenters. The average molecular weight is 311 g/mol. The van der Waals surface area contributed by atoms with Gasteiger partial charge in [-0.05, 0) is 20.8 Å². The molecule has 8 heteroatoms. The van der Waals surface area contributed by atoms with Crippen LogP contribution in [0.5, 0.6) is 0 Å². The van der Waals surface area contributed by atoms with E-state index < -0.39 is 5.79 Å². The Morgan fingerprint density at radius 2 is 1.95 bits per heavy atom. The highest BCUT2D eigenvalue weighted by Crippen LogP contribution is 2.43. The summed E-state index contributed by atoms with van der Waals surface area (Å²) < 4.78 is 19.7. The van der Waals surface area contributed by atoms with Crippen molar-refractivity contribution < 1.29 is 14.2 Å². The van der Waals surface area contributed by atoms with Crippen molar-refractivity contribution in [2.45, 2.75) is 51.1 Å². The van der Waals surface area contributed by atoms with Gasteiger partial charge in [0.25, 0.3) is 0 Å². The highest BCUT2D eigenvalue weighted by molar-refractivity contribution is 6.33. The number of ether oxygens (including phenoxy) is 3. The summed E-state index contributed by atoms with van der Waals surface area (Å²) in [6.07, 6.45) is 2.33. The number of fused-ring (bicyclic) bond motifs is 2. The van der Waals surface area contributed by atoms with Gasteiger partial charge >= 0.3 is 0 Å². The highest BCUT2D eigenvalue weighted by Gasteiger charge is 2.54. The molecule has 0 radical (unpaired) electrons. The molecular formula is C13H15ClN4O3. The maximum absolute atomic E-state index is 6.04. The molecule has 2 fully saturated rings. The summed E-state index contributed by atoms with van der Waals surface area (Å²) in [6.45, 7) is 5.78. The Hall–Kier alpha value is -1.28. The first-order valence-electron chi connectivity index (χ1n) is 6.80. The molecule has 0 aliphatic carbocycles. The predicted molar refractivity (Wildman–Crippen MR) is 73.7 cm³/mol. The number of halogens is 1. The predicted octanol–water partition coefficient (Wildman–Crippen LogP) is 1.92. The Kier molecular flexibility index (Phi) is 2.78. The van der Waals surface area contributed by atoms with Crippen molar-refractivity contribution >= 4 is 22.8 Å². The zero-order chi connectivity index (χ0) is 14.8. The van der Waals surface area contributed by atoms with E-state index in [-0.39, 0.29) is 24.5 Å². The lowest BCUT2D eigenvalue weighted by Crippen LogP contribution is -2.27. The third kappa shape index (κ3) is 1.96. The topological polar surface area (TPSA) is 71.3 Å². The van der Waals surface area contributed by atoms with E-state index in [4.69, 9.17) is 25.8 Å². The monoisotopic (exact) mass is 310 g/mol. The van der Waals surface area contributed by atoms with Crippen molar-refractivity contribution in [2.75, 3.05) is 0 Å². The van der Waals surface area contributed by atoms with Gasteiger partial charge in [-0.15, -0.1) is 0 Å². The molecule has 0 N–H and O–H groups in total. The molecule has 0 spiro atoms. The lowest BCUT2D eigenvalue weighted by Gasteiger charge is -2.23. The van der Waals surface area contributed by atoms with Crippen LogP contribution in [0.4, 0.5) is 0 Å². The molecule has 2 aromatic rings. The van der Waals surface area contributed by atoms with Crippen LogP contribution < -0.4 is 0 Å². The SMILES string of the molecule is CC1OC(n2cnc3c(Cl)ncnc32)C2OC(C)(C)OC12. The summed E-state index contributed by atoms with van der Waals surface area (Å²) in [5.41, 5.74) is 1.18. The van der Waals surface area contributed by atoms with Crippen LogP contribution in [0.25, 0.3) is 11.2 Å². The molecule has 0 saturated carbocycles. The van der Waals surface area contributed by atoms with Gasteiger partial charge in [0.05, 0.1) is 12.4 Å². The van der Waals surface area contributed by atoms with E-state index in [1.54, 1.807) is 6.33 Å². The largest absolute Gasteiger partial charge is 0.349 e. The van der Waals surface area contributed by atoms with Crippen LogP contribution in [0.1, 0.15) is 27.0 Å². The lowest BCUT2D eigenvalue weighted by atomic mass is 10.1. The molecule has 0 bridgehead atoms. The first-order chi connectivity index (χ1) is 9.96. The fourth-order valence-corrected chi connectivity index (χ4v) is 3.19. The molecule has 2 aliphatic rings. The number of imidazole rings is 1. The zero-order valence-corrected chi connectivity index (χ0v) is 12.6. The zero-order valence-electron chi connectivity index (χ0n) is 11.9. The summed E-state index contributed by atoms with van der Waals surface area (Å²) in [7, 11) is 0. The molecule has 4 heterocycles. The minimum absolute atomic E-state index is 0.0727. The van der Waals surface area contributed by atoms with Crippen LogP contribution in [-0.4, -0.2) is 43.6 Å². The van der Waals surface area contributed by atoms with E-state index in [0.717, 1.165) is 0 Å². The van der Waals surface area contributed by atoms with Crippen LogP contribution in [0.2, 0.25) is 5.15 Å². The maximum atomic E-state index is 6.04. The van der Waals surface area contributed by atoms with E-state index in [1.807, 2.05) is 25.3 Å². The number of hydrogen-bond donors (Lipinski definition) is 0. The van der Waals surface area contributed by atoms with Crippen molar-refractivity contribution in [3.8, 4) is 0 Å². The molecule has 21 heavy (non-hydrogen) atoms. The number of aromatic nitrogens is 4. The summed E-state index contributed by atoms with van der Waals surface area (Å²) in [5, 5.41) is 0.324. The molecule has 0 aromatic carbocycles. The summed E-state index contributed by atoms with van der Waals surface area (Å²) in [5.74, 6) is -0.616. The van der Waals surface area contributed by atoms with Crippen LogP contribution in [0.15, 0.2) is 12.7 Å². The molecule has 4 rings (SSSR count). The third-order valence-corrected chi connectivity index (χ3v) is 4.13. The standard InChI is InChI=1S/C13H15ClN4O3/c1-6-8-9(21-13(2,3)20-8)12(19-6)18-5-17-7-10(14)15-4-16-11(7)18/h4-6,8-9,12H,1-3H3. The molecule has 2 aromatic heterocycles. The van der Waals surface area contributed by atoms with Crippen LogP contribution >= 0.6 is 11.6 Å². The molecule has 7 nitrogen and oxygen atoms in total. The molecule has 112 valence electrons. The van der Waals surface area contributed by atoms with Crippen molar-refractivity contribution in [3.63, 3.8) is 0 Å². The van der Waals surface area contributed by atoms with Gasteiger partial charge in [-0.3, -0.25) is 4.57 Å². The minimum atomic E-state index is -0.616. The Labute approximate surface area is 126 Å². The Balaban J connectivity index is 1.77. The van der Waals surface area contributed by atoms with Crippen molar-refractivity contribution in [1.29, 1.82) is 0 Å².